The summed E-state index contributed by atoms with van der Waals surface area (Å²) in [6, 6.07) is 15.8. The third-order valence-electron chi connectivity index (χ3n) is 4.94. The molecule has 0 spiro atoms. The number of sulfonamides is 1. The average Bonchev–Trinajstić information content (AvgIpc) is 2.80. The zero-order valence-electron chi connectivity index (χ0n) is 18.5. The zero-order valence-corrected chi connectivity index (χ0v) is 20.8. The molecule has 3 aromatic rings. The maximum Gasteiger partial charge on any atom is 0.339 e. The third-order valence-corrected chi connectivity index (χ3v) is 6.76. The number of aliphatic carboxylic acids is 1. The molecule has 1 atom stereocenters. The number of carboxylic acid groups (broad SMARTS) is 1. The Morgan fingerprint density at radius 3 is 2.33 bits per heavy atom. The second kappa shape index (κ2) is 11.4. The van der Waals surface area contributed by atoms with E-state index >= 15 is 0 Å². The normalized spacial score (nSPS) is 12.3. The van der Waals surface area contributed by atoms with Crippen LogP contribution in [0.3, 0.4) is 0 Å². The molecule has 0 bridgehead atoms. The molecule has 13 heteroatoms. The Morgan fingerprint density at radius 1 is 1.03 bits per heavy atom. The van der Waals surface area contributed by atoms with Gasteiger partial charge in [-0.2, -0.15) is 4.99 Å². The Kier molecular flexibility index (Phi) is 8.53. The number of hydrazine groups is 1. The van der Waals surface area contributed by atoms with E-state index in [1.807, 2.05) is 0 Å². The van der Waals surface area contributed by atoms with E-state index in [9.17, 15) is 23.1 Å². The highest BCUT2D eigenvalue weighted by Crippen LogP contribution is 2.33. The number of halogens is 2. The molecular weight excluding hydrogens is 529 g/mol. The number of hydrogen-bond donors (Lipinski definition) is 4. The summed E-state index contributed by atoms with van der Waals surface area (Å²) in [5.74, 6) is 4.08. The highest BCUT2D eigenvalue weighted by Gasteiger charge is 2.21. The van der Waals surface area contributed by atoms with E-state index < -0.39 is 27.9 Å². The van der Waals surface area contributed by atoms with Crippen LogP contribution in [0.1, 0.15) is 23.5 Å². The van der Waals surface area contributed by atoms with Gasteiger partial charge in [-0.15, -0.1) is 0 Å². The second-order valence-corrected chi connectivity index (χ2v) is 10.1. The number of carbonyl (C=O) groups is 2. The van der Waals surface area contributed by atoms with E-state index in [0.29, 0.717) is 21.2 Å². The molecule has 0 fully saturated rings. The van der Waals surface area contributed by atoms with Gasteiger partial charge in [0.25, 0.3) is 10.0 Å². The summed E-state index contributed by atoms with van der Waals surface area (Å²) in [6.45, 7) is 0. The van der Waals surface area contributed by atoms with E-state index in [4.69, 9.17) is 34.8 Å². The lowest BCUT2D eigenvalue weighted by atomic mass is 9.88. The van der Waals surface area contributed by atoms with Crippen LogP contribution in [0, 0.1) is 0 Å². The van der Waals surface area contributed by atoms with Gasteiger partial charge < -0.3 is 10.8 Å². The first-order chi connectivity index (χ1) is 16.9. The van der Waals surface area contributed by atoms with Crippen LogP contribution in [0.25, 0.3) is 0 Å². The van der Waals surface area contributed by atoms with Crippen molar-refractivity contribution in [1.29, 1.82) is 0 Å². The number of hydrogen-bond acceptors (Lipinski definition) is 5. The molecule has 10 nitrogen and oxygen atoms in total. The van der Waals surface area contributed by atoms with E-state index in [1.165, 1.54) is 36.4 Å². The first-order valence-corrected chi connectivity index (χ1v) is 12.5. The topological polar surface area (TPSA) is 168 Å². The van der Waals surface area contributed by atoms with Crippen molar-refractivity contribution >= 4 is 62.9 Å². The van der Waals surface area contributed by atoms with Crippen LogP contribution in [0.15, 0.2) is 76.6 Å². The number of urea groups is 1. The molecule has 1 unspecified atom stereocenters. The average molecular weight is 550 g/mol. The van der Waals surface area contributed by atoms with Gasteiger partial charge in [0.15, 0.2) is 0 Å². The molecule has 6 N–H and O–H groups in total. The fourth-order valence-corrected chi connectivity index (χ4v) is 5.04. The molecule has 0 aliphatic rings. The lowest BCUT2D eigenvalue weighted by Crippen LogP contribution is -2.30. The minimum atomic E-state index is -4.07. The van der Waals surface area contributed by atoms with Crippen LogP contribution in [0.2, 0.25) is 10.0 Å². The van der Waals surface area contributed by atoms with Gasteiger partial charge in [0.2, 0.25) is 0 Å². The molecule has 3 rings (SSSR count). The lowest BCUT2D eigenvalue weighted by molar-refractivity contribution is -0.137. The third kappa shape index (κ3) is 7.18. The number of anilines is 2. The summed E-state index contributed by atoms with van der Waals surface area (Å²) < 4.78 is 28.6. The van der Waals surface area contributed by atoms with Crippen LogP contribution in [-0.4, -0.2) is 31.9 Å². The second-order valence-electron chi connectivity index (χ2n) is 7.57. The van der Waals surface area contributed by atoms with Crippen molar-refractivity contribution < 1.29 is 23.1 Å². The Balaban J connectivity index is 1.92. The van der Waals surface area contributed by atoms with Gasteiger partial charge in [0, 0.05) is 21.7 Å². The predicted molar refractivity (Wildman–Crippen MR) is 139 cm³/mol. The monoisotopic (exact) mass is 549 g/mol. The first-order valence-electron chi connectivity index (χ1n) is 10.2. The fraction of sp³-hybridized carbons (Fsp3) is 0.0870. The van der Waals surface area contributed by atoms with Crippen LogP contribution in [0.5, 0.6) is 0 Å². The quantitative estimate of drug-likeness (QED) is 0.134. The highest BCUT2D eigenvalue weighted by atomic mass is 35.5. The van der Waals surface area contributed by atoms with E-state index in [0.717, 1.165) is 11.3 Å². The van der Waals surface area contributed by atoms with Crippen LogP contribution in [0.4, 0.5) is 16.2 Å². The summed E-state index contributed by atoms with van der Waals surface area (Å²) in [7, 11) is -4.07. The molecule has 0 radical (unpaired) electrons. The number of primary amides is 1. The summed E-state index contributed by atoms with van der Waals surface area (Å²) in [5, 5.41) is 11.1. The van der Waals surface area contributed by atoms with Crippen molar-refractivity contribution in [3.63, 3.8) is 0 Å². The Morgan fingerprint density at radius 2 is 1.69 bits per heavy atom. The first kappa shape index (κ1) is 27.0. The SMILES string of the molecule is NC(=O)N=CN(N)c1cccc(S(=O)(=O)Nc2cccc(C(CC(=O)O)c3cc(Cl)cc(Cl)c3)c2)c1. The number of rotatable bonds is 9. The molecule has 0 saturated heterocycles. The smallest absolute Gasteiger partial charge is 0.339 e. The number of nitrogens with zero attached hydrogens (tertiary/aromatic N) is 2. The Hall–Kier alpha value is -3.64. The maximum absolute atomic E-state index is 13.1. The molecular formula is C23H21Cl2N5O5S. The van der Waals surface area contributed by atoms with E-state index in [1.54, 1.807) is 30.3 Å². The van der Waals surface area contributed by atoms with Gasteiger partial charge in [0.1, 0.15) is 6.34 Å². The molecule has 0 aromatic heterocycles. The van der Waals surface area contributed by atoms with Gasteiger partial charge in [-0.05, 0) is 59.7 Å². The summed E-state index contributed by atoms with van der Waals surface area (Å²) >= 11 is 12.2. The number of amides is 2. The van der Waals surface area contributed by atoms with Crippen molar-refractivity contribution in [2.24, 2.45) is 16.6 Å². The number of carbonyl (C=O) groups excluding carboxylic acids is 1. The van der Waals surface area contributed by atoms with Crippen LogP contribution in [-0.2, 0) is 14.8 Å². The molecule has 188 valence electrons. The van der Waals surface area contributed by atoms with Gasteiger partial charge >= 0.3 is 12.0 Å². The number of carboxylic acids is 1. The molecule has 0 heterocycles. The molecule has 36 heavy (non-hydrogen) atoms. The minimum absolute atomic E-state index is 0.114. The van der Waals surface area contributed by atoms with Gasteiger partial charge in [-0.3, -0.25) is 14.5 Å². The fourth-order valence-electron chi connectivity index (χ4n) is 3.41. The number of aliphatic imine (C=N–C) groups is 1. The Labute approximate surface area is 217 Å². The summed E-state index contributed by atoms with van der Waals surface area (Å²) in [6.07, 6.45) is 0.684. The number of benzene rings is 3. The number of nitrogens with one attached hydrogen (secondary N) is 1. The highest BCUT2D eigenvalue weighted by molar-refractivity contribution is 7.92. The largest absolute Gasteiger partial charge is 0.481 e. The predicted octanol–water partition coefficient (Wildman–Crippen LogP) is 4.19. The summed E-state index contributed by atoms with van der Waals surface area (Å²) in [5.41, 5.74) is 6.50. The van der Waals surface area contributed by atoms with Crippen LogP contribution >= 0.6 is 23.2 Å². The molecule has 0 aliphatic carbocycles. The van der Waals surface area contributed by atoms with E-state index in [-0.39, 0.29) is 22.7 Å². The Bertz CT molecular complexity index is 1410. The molecule has 3 aromatic carbocycles. The van der Waals surface area contributed by atoms with Gasteiger partial charge in [-0.25, -0.2) is 19.1 Å². The lowest BCUT2D eigenvalue weighted by Gasteiger charge is -2.18. The molecule has 0 aliphatic heterocycles. The van der Waals surface area contributed by atoms with Gasteiger partial charge in [0.05, 0.1) is 17.0 Å². The molecule has 2 amide bonds. The maximum atomic E-state index is 13.1. The van der Waals surface area contributed by atoms with Crippen molar-refractivity contribution in [1.82, 2.24) is 0 Å². The van der Waals surface area contributed by atoms with Crippen molar-refractivity contribution in [2.75, 3.05) is 9.73 Å². The van der Waals surface area contributed by atoms with Crippen LogP contribution < -0.4 is 21.3 Å². The zero-order chi connectivity index (χ0) is 26.5. The van der Waals surface area contributed by atoms with E-state index in [2.05, 4.69) is 9.71 Å². The van der Waals surface area contributed by atoms with Crippen molar-refractivity contribution in [3.05, 3.63) is 87.9 Å². The standard InChI is InChI=1S/C23H21Cl2N5O5S/c24-16-7-15(8-17(25)10-16)21(12-22(31)32)14-3-1-4-18(9-14)29-36(34,35)20-6-2-5-19(11-20)30(27)13-28-23(26)33/h1-11,13,21,29H,12,27H2,(H2,26,33)(H,31,32). The summed E-state index contributed by atoms with van der Waals surface area (Å²) in [4.78, 5) is 25.6. The van der Waals surface area contributed by atoms with Crippen molar-refractivity contribution in [2.45, 2.75) is 17.2 Å². The number of nitrogens with two attached hydrogens (primary N) is 2. The van der Waals surface area contributed by atoms with Gasteiger partial charge in [-0.1, -0.05) is 41.4 Å². The van der Waals surface area contributed by atoms with Crippen molar-refractivity contribution in [3.8, 4) is 0 Å². The minimum Gasteiger partial charge on any atom is -0.481 e. The molecule has 0 saturated carbocycles.